The Morgan fingerprint density at radius 3 is 1.54 bits per heavy atom. The topological polar surface area (TPSA) is 0 Å². The first-order chi connectivity index (χ1) is 10.5. The molecule has 3 rings (SSSR count). The van der Waals surface area contributed by atoms with Crippen molar-refractivity contribution >= 4 is 12.2 Å². The van der Waals surface area contributed by atoms with Crippen LogP contribution in [0.1, 0.15) is 82.4 Å². The minimum Gasteiger partial charge on any atom is -0.358 e. The average Bonchev–Trinajstić information content (AvgIpc) is 3.10. The fourth-order valence-electron chi connectivity index (χ4n) is 4.73. The molecule has 0 aromatic heterocycles. The fourth-order valence-corrected chi connectivity index (χ4v) is 4.73. The van der Waals surface area contributed by atoms with Crippen molar-refractivity contribution in [1.82, 2.24) is 0 Å². The third kappa shape index (κ3) is 8.66. The summed E-state index contributed by atoms with van der Waals surface area (Å²) in [5.74, 6) is 1.98. The second-order valence-electron chi connectivity index (χ2n) is 8.04. The van der Waals surface area contributed by atoms with E-state index in [0.717, 1.165) is 18.4 Å². The first-order valence-corrected chi connectivity index (χ1v) is 9.56. The first kappa shape index (κ1) is 30.5. The van der Waals surface area contributed by atoms with Crippen LogP contribution in [0.5, 0.6) is 0 Å². The molecular formula is C24H45BFe. The molecule has 1 aromatic rings. The normalized spacial score (nSPS) is 16.2. The Kier molecular flexibility index (Phi) is 17.4. The number of aryl methyl sites for hydroxylation is 3. The van der Waals surface area contributed by atoms with E-state index < -0.39 is 0 Å². The van der Waals surface area contributed by atoms with Crippen LogP contribution in [0, 0.1) is 41.5 Å². The van der Waals surface area contributed by atoms with Crippen molar-refractivity contribution in [2.75, 3.05) is 0 Å². The first-order valence-electron chi connectivity index (χ1n) is 9.56. The quantitative estimate of drug-likeness (QED) is 0.354. The Labute approximate surface area is 177 Å². The van der Waals surface area contributed by atoms with Crippen LogP contribution in [0.3, 0.4) is 0 Å². The van der Waals surface area contributed by atoms with Crippen LogP contribution < -0.4 is 5.46 Å². The van der Waals surface area contributed by atoms with Crippen molar-refractivity contribution in [3.05, 3.63) is 43.7 Å². The molecule has 0 atom stereocenters. The van der Waals surface area contributed by atoms with Gasteiger partial charge in [-0.25, -0.2) is 0 Å². The predicted molar refractivity (Wildman–Crippen MR) is 121 cm³/mol. The van der Waals surface area contributed by atoms with E-state index >= 15 is 0 Å². The maximum absolute atomic E-state index is 2.43. The smallest absolute Gasteiger partial charge is 0.358 e. The summed E-state index contributed by atoms with van der Waals surface area (Å²) in [6.45, 7) is 12.3. The van der Waals surface area contributed by atoms with E-state index in [4.69, 9.17) is 0 Å². The largest absolute Gasteiger partial charge is 2.00 e. The van der Waals surface area contributed by atoms with Crippen molar-refractivity contribution < 1.29 is 17.1 Å². The summed E-state index contributed by atoms with van der Waals surface area (Å²) in [5.41, 5.74) is 6.02. The molecule has 152 valence electrons. The van der Waals surface area contributed by atoms with Gasteiger partial charge in [0, 0.05) is 0 Å². The molecule has 2 heteroatoms. The molecule has 0 nitrogen and oxygen atoms in total. The molecule has 0 unspecified atom stereocenters. The van der Waals surface area contributed by atoms with Crippen LogP contribution in [0.4, 0.5) is 0 Å². The molecule has 1 aromatic carbocycles. The van der Waals surface area contributed by atoms with Crippen LogP contribution in [-0.4, -0.2) is 6.71 Å². The van der Waals surface area contributed by atoms with Crippen LogP contribution >= 0.6 is 0 Å². The molecule has 26 heavy (non-hydrogen) atoms. The van der Waals surface area contributed by atoms with Gasteiger partial charge in [-0.1, -0.05) is 113 Å². The molecule has 0 spiro atoms. The minimum atomic E-state index is 0. The van der Waals surface area contributed by atoms with Crippen molar-refractivity contribution in [3.8, 4) is 0 Å². The SMILES string of the molecule is C.CB(c1c(C)cc(C)cc1C)C1CCCC1.CC1CCCC1.[CH3-].[CH3-].[Fe+2]. The second-order valence-corrected chi connectivity index (χ2v) is 8.04. The number of rotatable bonds is 2. The van der Waals surface area contributed by atoms with E-state index in [1.165, 1.54) is 68.1 Å². The average molecular weight is 400 g/mol. The van der Waals surface area contributed by atoms with Gasteiger partial charge in [0.1, 0.15) is 0 Å². The molecule has 2 fully saturated rings. The molecule has 0 amide bonds. The van der Waals surface area contributed by atoms with Gasteiger partial charge in [0.05, 0.1) is 0 Å². The summed E-state index contributed by atoms with van der Waals surface area (Å²) in [5, 5.41) is 0. The summed E-state index contributed by atoms with van der Waals surface area (Å²) in [7, 11) is 0. The fraction of sp³-hybridized carbons (Fsp3) is 0.667. The van der Waals surface area contributed by atoms with Gasteiger partial charge in [-0.05, 0) is 26.7 Å². The molecule has 0 bridgehead atoms. The summed E-state index contributed by atoms with van der Waals surface area (Å²) in [6, 6.07) is 4.68. The molecule has 2 aliphatic rings. The third-order valence-electron chi connectivity index (χ3n) is 5.94. The Morgan fingerprint density at radius 2 is 1.19 bits per heavy atom. The molecule has 0 saturated heterocycles. The van der Waals surface area contributed by atoms with Gasteiger partial charge in [-0.2, -0.15) is 0 Å². The molecule has 0 heterocycles. The second kappa shape index (κ2) is 14.8. The van der Waals surface area contributed by atoms with Crippen molar-refractivity contribution in [2.24, 2.45) is 5.92 Å². The Balaban J connectivity index is -0.000000460. The predicted octanol–water partition coefficient (Wildman–Crippen LogP) is 7.62. The Hall–Kier alpha value is -0.196. The zero-order chi connectivity index (χ0) is 16.1. The summed E-state index contributed by atoms with van der Waals surface area (Å²) >= 11 is 0. The van der Waals surface area contributed by atoms with Crippen LogP contribution in [0.15, 0.2) is 12.1 Å². The van der Waals surface area contributed by atoms with E-state index in [-0.39, 0.29) is 39.3 Å². The van der Waals surface area contributed by atoms with Gasteiger partial charge in [0.15, 0.2) is 6.71 Å². The number of hydrogen-bond acceptors (Lipinski definition) is 0. The Morgan fingerprint density at radius 1 is 0.808 bits per heavy atom. The van der Waals surface area contributed by atoms with Gasteiger partial charge in [0.2, 0.25) is 0 Å². The van der Waals surface area contributed by atoms with E-state index in [1.807, 2.05) is 0 Å². The molecule has 0 aliphatic heterocycles. The van der Waals surface area contributed by atoms with Gasteiger partial charge < -0.3 is 14.9 Å². The number of benzene rings is 1. The molecule has 0 N–H and O–H groups in total. The molecule has 2 aliphatic carbocycles. The third-order valence-corrected chi connectivity index (χ3v) is 5.94. The molecule has 2 saturated carbocycles. The van der Waals surface area contributed by atoms with Gasteiger partial charge in [-0.3, -0.25) is 0 Å². The Bertz CT molecular complexity index is 448. The van der Waals surface area contributed by atoms with Gasteiger partial charge in [0.25, 0.3) is 0 Å². The van der Waals surface area contributed by atoms with Crippen molar-refractivity contribution in [3.63, 3.8) is 0 Å². The minimum absolute atomic E-state index is 0. The molecular weight excluding hydrogens is 355 g/mol. The van der Waals surface area contributed by atoms with E-state index in [9.17, 15) is 0 Å². The zero-order valence-electron chi connectivity index (χ0n) is 17.9. The van der Waals surface area contributed by atoms with Crippen LogP contribution in [0.2, 0.25) is 12.6 Å². The van der Waals surface area contributed by atoms with Crippen molar-refractivity contribution in [1.29, 1.82) is 0 Å². The van der Waals surface area contributed by atoms with E-state index in [1.54, 1.807) is 5.46 Å². The number of hydrogen-bond donors (Lipinski definition) is 0. The zero-order valence-corrected chi connectivity index (χ0v) is 19.0. The van der Waals surface area contributed by atoms with Gasteiger partial charge >= 0.3 is 17.1 Å². The standard InChI is InChI=1S/C15H23B.C6H12.CH4.2CH3.Fe/c1-11-9-12(2)15(13(3)10-11)16(4)14-7-5-6-8-14;1-6-4-2-3-5-6;;;;/h9-10,14H,5-8H2,1-4H3;6H,2-5H2,1H3;1H4;2*1H3;/q;;;2*-1;+2. The van der Waals surface area contributed by atoms with Crippen LogP contribution in [-0.2, 0) is 17.1 Å². The van der Waals surface area contributed by atoms with E-state index in [0.29, 0.717) is 0 Å². The summed E-state index contributed by atoms with van der Waals surface area (Å²) in [6.07, 6.45) is 11.7. The summed E-state index contributed by atoms with van der Waals surface area (Å²) < 4.78 is 0. The van der Waals surface area contributed by atoms with Crippen LogP contribution in [0.25, 0.3) is 0 Å². The molecule has 0 radical (unpaired) electrons. The van der Waals surface area contributed by atoms with E-state index in [2.05, 4.69) is 46.7 Å². The maximum atomic E-state index is 2.43. The van der Waals surface area contributed by atoms with Gasteiger partial charge in [-0.15, -0.1) is 0 Å². The van der Waals surface area contributed by atoms with Crippen molar-refractivity contribution in [2.45, 2.75) is 99.1 Å². The monoisotopic (exact) mass is 400 g/mol. The summed E-state index contributed by atoms with van der Waals surface area (Å²) in [4.78, 5) is 0. The maximum Gasteiger partial charge on any atom is 2.00 e.